The quantitative estimate of drug-likeness (QED) is 0.734. The highest BCUT2D eigenvalue weighted by Crippen LogP contribution is 2.46. The summed E-state index contributed by atoms with van der Waals surface area (Å²) < 4.78 is 5.96. The molecule has 3 rings (SSSR count). The van der Waals surface area contributed by atoms with E-state index in [1.807, 2.05) is 13.8 Å². The Morgan fingerprint density at radius 2 is 1.78 bits per heavy atom. The van der Waals surface area contributed by atoms with Gasteiger partial charge < -0.3 is 15.2 Å². The van der Waals surface area contributed by atoms with Gasteiger partial charge in [0.2, 0.25) is 0 Å². The summed E-state index contributed by atoms with van der Waals surface area (Å²) in [5.74, 6) is 0.960. The number of hydrogen-bond acceptors (Lipinski definition) is 2. The summed E-state index contributed by atoms with van der Waals surface area (Å²) in [4.78, 5) is 11.2. The van der Waals surface area contributed by atoms with E-state index in [9.17, 15) is 9.90 Å². The monoisotopic (exact) mass is 367 g/mol. The molecule has 0 aliphatic heterocycles. The molecule has 1 amide bonds. The fourth-order valence-electron chi connectivity index (χ4n) is 4.17. The third kappa shape index (κ3) is 3.80. The summed E-state index contributed by atoms with van der Waals surface area (Å²) >= 11 is 0. The molecule has 27 heavy (non-hydrogen) atoms. The predicted molar refractivity (Wildman–Crippen MR) is 109 cm³/mol. The van der Waals surface area contributed by atoms with Gasteiger partial charge in [-0.1, -0.05) is 32.0 Å². The molecule has 4 nitrogen and oxygen atoms in total. The molecule has 4 heteroatoms. The lowest BCUT2D eigenvalue weighted by atomic mass is 9.85. The average molecular weight is 367 g/mol. The number of rotatable bonds is 4. The van der Waals surface area contributed by atoms with Crippen molar-refractivity contribution in [2.45, 2.75) is 60.1 Å². The van der Waals surface area contributed by atoms with Gasteiger partial charge in [0.05, 0.1) is 12.1 Å². The molecule has 1 atom stereocenters. The molecule has 1 aliphatic carbocycles. The predicted octanol–water partition coefficient (Wildman–Crippen LogP) is 5.65. The number of carbonyl (C=O) groups is 1. The molecule has 144 valence electrons. The van der Waals surface area contributed by atoms with Crippen molar-refractivity contribution in [3.63, 3.8) is 0 Å². The van der Waals surface area contributed by atoms with Gasteiger partial charge in [0.25, 0.3) is 0 Å². The van der Waals surface area contributed by atoms with Crippen LogP contribution in [0, 0.1) is 19.3 Å². The largest absolute Gasteiger partial charge is 0.490 e. The summed E-state index contributed by atoms with van der Waals surface area (Å²) in [6.45, 7) is 12.5. The zero-order chi connectivity index (χ0) is 19.9. The summed E-state index contributed by atoms with van der Waals surface area (Å²) in [6, 6.07) is 10.5. The van der Waals surface area contributed by atoms with Crippen LogP contribution in [-0.4, -0.2) is 17.3 Å². The first-order valence-electron chi connectivity index (χ1n) is 9.49. The van der Waals surface area contributed by atoms with Crippen molar-refractivity contribution in [1.82, 2.24) is 5.32 Å². The van der Waals surface area contributed by atoms with E-state index in [0.717, 1.165) is 40.0 Å². The highest BCUT2D eigenvalue weighted by Gasteiger charge is 2.40. The van der Waals surface area contributed by atoms with Crippen LogP contribution in [0.4, 0.5) is 4.79 Å². The number of ether oxygens (including phenoxy) is 1. The molecule has 0 saturated heterocycles. The maximum absolute atomic E-state index is 11.2. The second-order valence-electron chi connectivity index (χ2n) is 8.57. The number of amides is 1. The average Bonchev–Trinajstić information content (AvgIpc) is 2.79. The number of fused-ring (bicyclic) bond motifs is 1. The third-order valence-electron chi connectivity index (χ3n) is 5.30. The minimum absolute atomic E-state index is 0.139. The Balaban J connectivity index is 1.98. The Labute approximate surface area is 161 Å². The number of hydrogen-bond donors (Lipinski definition) is 2. The van der Waals surface area contributed by atoms with E-state index in [1.54, 1.807) is 0 Å². The van der Waals surface area contributed by atoms with E-state index in [1.165, 1.54) is 5.56 Å². The second kappa shape index (κ2) is 6.91. The molecule has 0 spiro atoms. The number of aryl methyl sites for hydroxylation is 2. The number of carboxylic acid groups (broad SMARTS) is 1. The summed E-state index contributed by atoms with van der Waals surface area (Å²) in [7, 11) is 0. The minimum Gasteiger partial charge on any atom is -0.490 e. The molecular formula is C23H29NO3. The van der Waals surface area contributed by atoms with Crippen LogP contribution >= 0.6 is 0 Å². The van der Waals surface area contributed by atoms with E-state index < -0.39 is 6.09 Å². The van der Waals surface area contributed by atoms with Crippen LogP contribution in [0.1, 0.15) is 56.0 Å². The Morgan fingerprint density at radius 1 is 1.15 bits per heavy atom. The first-order chi connectivity index (χ1) is 12.6. The van der Waals surface area contributed by atoms with Crippen molar-refractivity contribution >= 4 is 6.09 Å². The van der Waals surface area contributed by atoms with Gasteiger partial charge in [-0.2, -0.15) is 0 Å². The Hall–Kier alpha value is -2.49. The topological polar surface area (TPSA) is 58.6 Å². The van der Waals surface area contributed by atoms with Crippen LogP contribution in [0.2, 0.25) is 0 Å². The Kier molecular flexibility index (Phi) is 4.94. The van der Waals surface area contributed by atoms with Crippen molar-refractivity contribution in [3.05, 3.63) is 52.6 Å². The van der Waals surface area contributed by atoms with Crippen molar-refractivity contribution in [3.8, 4) is 16.9 Å². The fraction of sp³-hybridized carbons (Fsp3) is 0.435. The minimum atomic E-state index is -0.975. The van der Waals surface area contributed by atoms with Crippen LogP contribution in [0.25, 0.3) is 11.1 Å². The van der Waals surface area contributed by atoms with Gasteiger partial charge >= 0.3 is 6.09 Å². The molecule has 0 heterocycles. The number of benzene rings is 2. The smallest absolute Gasteiger partial charge is 0.405 e. The van der Waals surface area contributed by atoms with Gasteiger partial charge in [0.1, 0.15) is 5.75 Å². The van der Waals surface area contributed by atoms with Crippen molar-refractivity contribution in [2.24, 2.45) is 5.41 Å². The Morgan fingerprint density at radius 3 is 2.33 bits per heavy atom. The zero-order valence-electron chi connectivity index (χ0n) is 17.0. The van der Waals surface area contributed by atoms with Gasteiger partial charge in [-0.25, -0.2) is 4.79 Å². The molecule has 1 aliphatic rings. The van der Waals surface area contributed by atoms with E-state index in [-0.39, 0.29) is 17.6 Å². The lowest BCUT2D eigenvalue weighted by Crippen LogP contribution is -2.34. The molecule has 1 unspecified atom stereocenters. The first kappa shape index (κ1) is 19.3. The molecule has 2 N–H and O–H groups in total. The fourth-order valence-corrected chi connectivity index (χ4v) is 4.17. The maximum Gasteiger partial charge on any atom is 0.405 e. The first-order valence-corrected chi connectivity index (χ1v) is 9.49. The molecular weight excluding hydrogens is 338 g/mol. The molecule has 0 fully saturated rings. The van der Waals surface area contributed by atoms with Gasteiger partial charge in [0, 0.05) is 0 Å². The highest BCUT2D eigenvalue weighted by atomic mass is 16.5. The molecule has 2 aromatic rings. The van der Waals surface area contributed by atoms with Crippen molar-refractivity contribution in [2.75, 3.05) is 0 Å². The summed E-state index contributed by atoms with van der Waals surface area (Å²) in [5, 5.41) is 11.9. The van der Waals surface area contributed by atoms with E-state index in [0.29, 0.717) is 0 Å². The molecule has 2 aromatic carbocycles. The van der Waals surface area contributed by atoms with E-state index >= 15 is 0 Å². The van der Waals surface area contributed by atoms with Gasteiger partial charge in [-0.3, -0.25) is 0 Å². The normalized spacial score (nSPS) is 17.7. The van der Waals surface area contributed by atoms with Crippen LogP contribution < -0.4 is 10.1 Å². The molecule has 0 radical (unpaired) electrons. The summed E-state index contributed by atoms with van der Waals surface area (Å²) in [5.41, 5.74) is 6.74. The molecule has 0 saturated carbocycles. The van der Waals surface area contributed by atoms with E-state index in [4.69, 9.17) is 4.74 Å². The molecule has 0 aromatic heterocycles. The number of nitrogens with one attached hydrogen (secondary N) is 1. The van der Waals surface area contributed by atoms with Crippen LogP contribution in [0.3, 0.4) is 0 Å². The lowest BCUT2D eigenvalue weighted by molar-refractivity contribution is 0.175. The van der Waals surface area contributed by atoms with Gasteiger partial charge in [-0.15, -0.1) is 0 Å². The second-order valence-corrected chi connectivity index (χ2v) is 8.57. The van der Waals surface area contributed by atoms with E-state index in [2.05, 4.69) is 63.3 Å². The van der Waals surface area contributed by atoms with Gasteiger partial charge in [0.15, 0.2) is 0 Å². The van der Waals surface area contributed by atoms with Crippen LogP contribution in [-0.2, 0) is 6.42 Å². The highest BCUT2D eigenvalue weighted by molar-refractivity contribution is 5.70. The maximum atomic E-state index is 11.2. The standard InChI is InChI=1S/C23H29NO3/c1-13(2)27-20-14(3)9-17(10-15(20)4)16-7-8-19-18(11-16)12-23(5,6)21(19)24-22(25)26/h7-11,13,21,24H,12H2,1-6H3,(H,25,26). The zero-order valence-corrected chi connectivity index (χ0v) is 17.0. The Bertz CT molecular complexity index is 860. The van der Waals surface area contributed by atoms with Gasteiger partial charge in [-0.05, 0) is 85.0 Å². The van der Waals surface area contributed by atoms with Crippen molar-refractivity contribution in [1.29, 1.82) is 0 Å². The van der Waals surface area contributed by atoms with Crippen LogP contribution in [0.15, 0.2) is 30.3 Å². The summed E-state index contributed by atoms with van der Waals surface area (Å²) in [6.07, 6.45) is 0.0271. The van der Waals surface area contributed by atoms with Crippen molar-refractivity contribution < 1.29 is 14.6 Å². The lowest BCUT2D eigenvalue weighted by Gasteiger charge is -2.27. The van der Waals surface area contributed by atoms with Crippen LogP contribution in [0.5, 0.6) is 5.75 Å². The molecule has 0 bridgehead atoms. The third-order valence-corrected chi connectivity index (χ3v) is 5.30. The SMILES string of the molecule is Cc1cc(-c2ccc3c(c2)CC(C)(C)C3NC(=O)O)cc(C)c1OC(C)C.